The Hall–Kier alpha value is -3.48. The second-order valence-corrected chi connectivity index (χ2v) is 9.66. The molecule has 0 spiro atoms. The van der Waals surface area contributed by atoms with Crippen LogP contribution in [0.5, 0.6) is 0 Å². The third-order valence-corrected chi connectivity index (χ3v) is 6.73. The fourth-order valence-corrected chi connectivity index (χ4v) is 4.94. The zero-order valence-electron chi connectivity index (χ0n) is 18.8. The van der Waals surface area contributed by atoms with Crippen LogP contribution in [-0.4, -0.2) is 0 Å². The lowest BCUT2D eigenvalue weighted by Gasteiger charge is -2.11. The average molecular weight is 586 g/mol. The van der Waals surface area contributed by atoms with E-state index in [4.69, 9.17) is 11.6 Å². The van der Waals surface area contributed by atoms with Crippen LogP contribution in [-0.2, 0) is 0 Å². The summed E-state index contributed by atoms with van der Waals surface area (Å²) in [6.07, 6.45) is 0. The Balaban J connectivity index is 1.46. The Morgan fingerprint density at radius 2 is 1.05 bits per heavy atom. The van der Waals surface area contributed by atoms with Crippen molar-refractivity contribution in [3.63, 3.8) is 0 Å². The van der Waals surface area contributed by atoms with Gasteiger partial charge in [0.1, 0.15) is 29.1 Å². The molecule has 0 fully saturated rings. The van der Waals surface area contributed by atoms with Crippen molar-refractivity contribution in [1.29, 1.82) is 0 Å². The van der Waals surface area contributed by atoms with Crippen molar-refractivity contribution in [2.75, 3.05) is 0 Å². The van der Waals surface area contributed by atoms with Crippen molar-refractivity contribution in [2.45, 2.75) is 0 Å². The normalized spacial score (nSPS) is 11.1. The van der Waals surface area contributed by atoms with Gasteiger partial charge in [-0.2, -0.15) is 0 Å². The summed E-state index contributed by atoms with van der Waals surface area (Å²) in [5, 5.41) is 0.168. The molecule has 0 heterocycles. The van der Waals surface area contributed by atoms with Gasteiger partial charge in [0.2, 0.25) is 0 Å². The van der Waals surface area contributed by atoms with Crippen LogP contribution in [0.15, 0.2) is 95.5 Å². The minimum absolute atomic E-state index is 0.00767. The molecule has 0 saturated carbocycles. The van der Waals surface area contributed by atoms with Crippen molar-refractivity contribution < 1.29 is 22.0 Å². The molecule has 0 aliphatic rings. The van der Waals surface area contributed by atoms with Crippen LogP contribution in [0.4, 0.5) is 22.0 Å². The first-order valence-corrected chi connectivity index (χ1v) is 12.2. The lowest BCUT2D eigenvalue weighted by Crippen LogP contribution is -1.93. The van der Waals surface area contributed by atoms with Crippen LogP contribution >= 0.6 is 27.5 Å². The van der Waals surface area contributed by atoms with E-state index in [-0.39, 0.29) is 32.8 Å². The first kappa shape index (κ1) is 25.2. The van der Waals surface area contributed by atoms with Gasteiger partial charge in [0.15, 0.2) is 0 Å². The van der Waals surface area contributed by atoms with E-state index in [2.05, 4.69) is 15.9 Å². The van der Waals surface area contributed by atoms with Gasteiger partial charge in [-0.05, 0) is 70.8 Å². The third-order valence-electron chi connectivity index (χ3n) is 5.96. The quantitative estimate of drug-likeness (QED) is 0.184. The van der Waals surface area contributed by atoms with Gasteiger partial charge in [-0.3, -0.25) is 0 Å². The summed E-state index contributed by atoms with van der Waals surface area (Å²) in [6.45, 7) is 0. The monoisotopic (exact) mass is 584 g/mol. The minimum Gasteiger partial charge on any atom is -0.207 e. The van der Waals surface area contributed by atoms with Gasteiger partial charge in [-0.25, -0.2) is 22.0 Å². The first-order chi connectivity index (χ1) is 17.7. The fourth-order valence-electron chi connectivity index (χ4n) is 4.21. The van der Waals surface area contributed by atoms with Crippen LogP contribution in [0.2, 0.25) is 5.02 Å². The summed E-state index contributed by atoms with van der Waals surface area (Å²) >= 11 is 9.24. The average Bonchev–Trinajstić information content (AvgIpc) is 2.85. The summed E-state index contributed by atoms with van der Waals surface area (Å²) < 4.78 is 73.3. The Morgan fingerprint density at radius 1 is 0.486 bits per heavy atom. The van der Waals surface area contributed by atoms with E-state index in [1.165, 1.54) is 42.5 Å². The van der Waals surface area contributed by atoms with Crippen molar-refractivity contribution >= 4 is 27.5 Å². The fraction of sp³-hybridized carbons (Fsp3) is 0. The molecule has 5 aromatic carbocycles. The van der Waals surface area contributed by atoms with Crippen LogP contribution < -0.4 is 0 Å². The molecule has 0 saturated heterocycles. The topological polar surface area (TPSA) is 0 Å². The van der Waals surface area contributed by atoms with Gasteiger partial charge in [-0.1, -0.05) is 70.0 Å². The van der Waals surface area contributed by atoms with Crippen molar-refractivity contribution in [3.8, 4) is 44.5 Å². The Labute approximate surface area is 223 Å². The number of hydrogen-bond acceptors (Lipinski definition) is 0. The summed E-state index contributed by atoms with van der Waals surface area (Å²) in [5.74, 6) is -3.14. The maximum atomic E-state index is 15.0. The van der Waals surface area contributed by atoms with Crippen molar-refractivity contribution in [3.05, 3.63) is 130 Å². The highest BCUT2D eigenvalue weighted by atomic mass is 79.9. The number of benzene rings is 5. The highest BCUT2D eigenvalue weighted by Gasteiger charge is 2.16. The molecule has 0 aliphatic heterocycles. The lowest BCUT2D eigenvalue weighted by atomic mass is 9.96. The van der Waals surface area contributed by atoms with E-state index in [1.807, 2.05) is 0 Å². The molecule has 5 aromatic rings. The van der Waals surface area contributed by atoms with Gasteiger partial charge < -0.3 is 0 Å². The lowest BCUT2D eigenvalue weighted by molar-refractivity contribution is 0.605. The number of rotatable bonds is 4. The summed E-state index contributed by atoms with van der Waals surface area (Å²) in [4.78, 5) is 0. The highest BCUT2D eigenvalue weighted by Crippen LogP contribution is 2.36. The maximum Gasteiger partial charge on any atom is 0.132 e. The maximum absolute atomic E-state index is 15.0. The van der Waals surface area contributed by atoms with E-state index in [0.717, 1.165) is 18.2 Å². The second-order valence-electron chi connectivity index (χ2n) is 8.34. The van der Waals surface area contributed by atoms with Crippen molar-refractivity contribution in [2.24, 2.45) is 0 Å². The van der Waals surface area contributed by atoms with E-state index < -0.39 is 29.1 Å². The van der Waals surface area contributed by atoms with E-state index in [1.54, 1.807) is 30.3 Å². The van der Waals surface area contributed by atoms with Gasteiger partial charge in [-0.15, -0.1) is 0 Å². The zero-order valence-corrected chi connectivity index (χ0v) is 21.1. The molecule has 0 aromatic heterocycles. The molecule has 0 N–H and O–H groups in total. The predicted molar refractivity (Wildman–Crippen MR) is 141 cm³/mol. The minimum atomic E-state index is -0.716. The molecule has 0 unspecified atom stereocenters. The summed E-state index contributed by atoms with van der Waals surface area (Å²) in [6, 6.07) is 20.7. The van der Waals surface area contributed by atoms with Gasteiger partial charge in [0, 0.05) is 26.7 Å². The standard InChI is InChI=1S/C30H15BrClF5/c31-20-10-19(11-21(33)13-20)24-15-28(36)23(14-29(24)37)17-6-4-16(5-7-17)22-9-8-18(12-27(22)35)30-25(32)2-1-3-26(30)34/h1-15H. The van der Waals surface area contributed by atoms with Gasteiger partial charge in [0.25, 0.3) is 0 Å². The summed E-state index contributed by atoms with van der Waals surface area (Å²) in [7, 11) is 0. The van der Waals surface area contributed by atoms with E-state index >= 15 is 0 Å². The molecular weight excluding hydrogens is 571 g/mol. The van der Waals surface area contributed by atoms with E-state index in [0.29, 0.717) is 21.2 Å². The smallest absolute Gasteiger partial charge is 0.132 e. The van der Waals surface area contributed by atoms with Gasteiger partial charge in [0.05, 0.1) is 5.02 Å². The SMILES string of the molecule is Fc1cc(Br)cc(-c2cc(F)c(-c3ccc(-c4ccc(-c5c(F)cccc5Cl)cc4F)cc3)cc2F)c1. The van der Waals surface area contributed by atoms with Crippen LogP contribution in [0.25, 0.3) is 44.5 Å². The largest absolute Gasteiger partial charge is 0.207 e. The molecule has 184 valence electrons. The molecule has 0 atom stereocenters. The number of halogens is 7. The van der Waals surface area contributed by atoms with Crippen LogP contribution in [0.1, 0.15) is 0 Å². The number of hydrogen-bond donors (Lipinski definition) is 0. The highest BCUT2D eigenvalue weighted by molar-refractivity contribution is 9.10. The molecule has 0 nitrogen and oxygen atoms in total. The Morgan fingerprint density at radius 3 is 1.65 bits per heavy atom. The molecule has 7 heteroatoms. The Kier molecular flexibility index (Phi) is 6.88. The third kappa shape index (κ3) is 5.04. The molecular formula is C30H15BrClF5. The zero-order chi connectivity index (χ0) is 26.3. The molecule has 0 amide bonds. The molecule has 0 radical (unpaired) electrons. The predicted octanol–water partition coefficient (Wildman–Crippen LogP) is 10.5. The van der Waals surface area contributed by atoms with Gasteiger partial charge >= 0.3 is 0 Å². The van der Waals surface area contributed by atoms with Crippen LogP contribution in [0.3, 0.4) is 0 Å². The molecule has 0 aliphatic carbocycles. The molecule has 0 bridgehead atoms. The second kappa shape index (κ2) is 10.1. The van der Waals surface area contributed by atoms with E-state index in [9.17, 15) is 22.0 Å². The molecule has 37 heavy (non-hydrogen) atoms. The summed E-state index contributed by atoms with van der Waals surface area (Å²) in [5.41, 5.74) is 1.66. The van der Waals surface area contributed by atoms with Crippen molar-refractivity contribution in [1.82, 2.24) is 0 Å². The molecule has 5 rings (SSSR count). The van der Waals surface area contributed by atoms with Crippen LogP contribution in [0, 0.1) is 29.1 Å². The first-order valence-electron chi connectivity index (χ1n) is 11.0. The Bertz CT molecular complexity index is 1610.